The highest BCUT2D eigenvalue weighted by Gasteiger charge is 2.33. The summed E-state index contributed by atoms with van der Waals surface area (Å²) in [6.07, 6.45) is 1.79. The molecule has 2 aromatic heterocycles. The summed E-state index contributed by atoms with van der Waals surface area (Å²) >= 11 is 0. The summed E-state index contributed by atoms with van der Waals surface area (Å²) in [6.45, 7) is 19.2. The van der Waals surface area contributed by atoms with Crippen LogP contribution in [0.15, 0.2) is 194 Å². The summed E-state index contributed by atoms with van der Waals surface area (Å²) in [5.74, 6) is 4.19. The predicted octanol–water partition coefficient (Wildman–Crippen LogP) is 19.0. The fourth-order valence-corrected chi connectivity index (χ4v) is 9.96. The molecule has 73 heavy (non-hydrogen) atoms. The van der Waals surface area contributed by atoms with Crippen LogP contribution in [0.5, 0.6) is 23.0 Å². The summed E-state index contributed by atoms with van der Waals surface area (Å²) in [4.78, 5) is 8.93. The van der Waals surface area contributed by atoms with Crippen LogP contribution in [0.1, 0.15) is 116 Å². The molecule has 0 atom stereocenters. The monoisotopic (exact) mass is 967 g/mol. The van der Waals surface area contributed by atoms with Crippen molar-refractivity contribution >= 4 is 44.6 Å². The molecule has 6 nitrogen and oxygen atoms in total. The standard InChI is InChI=1S/C67H64N4O2/c1-43(2)48-35-56(44(3)4)66(57(36-48)45(5)6)73-53-33-34-68-64(41-53)71-60-28-17-16-27-54(60)55-32-31-52(40-63(55)71)72-51-26-20-25-50(39-51)69-42-70(62-30-19-18-29-61(62)69)65-58(46-21-12-10-13-22-46)37-49(67(7,8)9)38-59(65)47-23-14-11-15-24-47/h10-41,43-45H,42H2,1-9H3/i10D,11D,12D,13D,14D,15D,21D,22D,23D,24D. The Hall–Kier alpha value is -8.09. The molecule has 0 fully saturated rings. The normalized spacial score (nSPS) is 14.6. The third kappa shape index (κ3) is 9.01. The zero-order valence-corrected chi connectivity index (χ0v) is 42.7. The maximum Gasteiger partial charge on any atom is 0.141 e. The first-order valence-electron chi connectivity index (χ1n) is 30.0. The molecule has 3 heterocycles. The van der Waals surface area contributed by atoms with Gasteiger partial charge in [-0.25, -0.2) is 4.98 Å². The minimum absolute atomic E-state index is 0.0855. The highest BCUT2D eigenvalue weighted by Crippen LogP contribution is 2.52. The van der Waals surface area contributed by atoms with E-state index in [0.29, 0.717) is 45.9 Å². The zero-order valence-electron chi connectivity index (χ0n) is 52.7. The summed E-state index contributed by atoms with van der Waals surface area (Å²) in [5.41, 5.74) is 8.26. The SMILES string of the molecule is [2H]c1c([2H])c([2H])c(-c2cc(C(C)(C)C)cc(-c3c([2H])c([2H])c([2H])c([2H])c3[2H])c2N2CN(c3cccc(Oc4ccc5c6ccccc6n(-c6cc(Oc7c(C(C)C)cc(C(C)C)cc7C(C)C)ccn6)c5c4)c3)c3ccccc32)c([2H])c1[2H]. The molecule has 10 aromatic rings. The Labute approximate surface area is 445 Å². The number of para-hydroxylation sites is 3. The van der Waals surface area contributed by atoms with Crippen molar-refractivity contribution in [1.29, 1.82) is 0 Å². The maximum atomic E-state index is 9.30. The van der Waals surface area contributed by atoms with Gasteiger partial charge in [0.25, 0.3) is 0 Å². The van der Waals surface area contributed by atoms with Crippen LogP contribution in [0.25, 0.3) is 49.9 Å². The van der Waals surface area contributed by atoms with E-state index >= 15 is 0 Å². The molecule has 11 rings (SSSR count). The number of aromatic nitrogens is 2. The highest BCUT2D eigenvalue weighted by molar-refractivity contribution is 6.09. The van der Waals surface area contributed by atoms with Crippen LogP contribution < -0.4 is 19.3 Å². The molecule has 0 amide bonds. The van der Waals surface area contributed by atoms with Gasteiger partial charge in [-0.05, 0) is 117 Å². The molecule has 1 aliphatic rings. The van der Waals surface area contributed by atoms with E-state index in [4.69, 9.17) is 22.7 Å². The van der Waals surface area contributed by atoms with Crippen LogP contribution >= 0.6 is 0 Å². The Balaban J connectivity index is 1.01. The second-order valence-corrected chi connectivity index (χ2v) is 20.7. The number of fused-ring (bicyclic) bond motifs is 4. The third-order valence-electron chi connectivity index (χ3n) is 13.8. The van der Waals surface area contributed by atoms with Crippen molar-refractivity contribution in [3.8, 4) is 51.1 Å². The van der Waals surface area contributed by atoms with Crippen molar-refractivity contribution in [3.05, 3.63) is 216 Å². The lowest BCUT2D eigenvalue weighted by molar-refractivity contribution is 0.462. The molecule has 0 bridgehead atoms. The number of benzene rings is 8. The molecule has 1 aliphatic heterocycles. The number of hydrogen-bond donors (Lipinski definition) is 0. The van der Waals surface area contributed by atoms with Crippen molar-refractivity contribution in [2.75, 3.05) is 16.5 Å². The van der Waals surface area contributed by atoms with Gasteiger partial charge in [0.2, 0.25) is 0 Å². The Morgan fingerprint density at radius 1 is 0.534 bits per heavy atom. The quantitative estimate of drug-likeness (QED) is 0.122. The van der Waals surface area contributed by atoms with Gasteiger partial charge in [0.1, 0.15) is 35.5 Å². The van der Waals surface area contributed by atoms with Gasteiger partial charge in [0.15, 0.2) is 0 Å². The molecule has 0 N–H and O–H groups in total. The molecule has 0 aliphatic carbocycles. The van der Waals surface area contributed by atoms with Crippen LogP contribution in [-0.4, -0.2) is 16.2 Å². The Kier molecular flexibility index (Phi) is 9.65. The van der Waals surface area contributed by atoms with E-state index in [1.165, 1.54) is 16.7 Å². The van der Waals surface area contributed by atoms with E-state index in [1.54, 1.807) is 18.3 Å². The van der Waals surface area contributed by atoms with Gasteiger partial charge in [0.05, 0.1) is 41.8 Å². The van der Waals surface area contributed by atoms with Crippen LogP contribution in [0.4, 0.5) is 22.7 Å². The predicted molar refractivity (Wildman–Crippen MR) is 305 cm³/mol. The molecule has 8 aromatic carbocycles. The van der Waals surface area contributed by atoms with Crippen molar-refractivity contribution in [3.63, 3.8) is 0 Å². The minimum Gasteiger partial charge on any atom is -0.457 e. The van der Waals surface area contributed by atoms with Gasteiger partial charge < -0.3 is 19.3 Å². The lowest BCUT2D eigenvalue weighted by atomic mass is 9.82. The van der Waals surface area contributed by atoms with Gasteiger partial charge in [-0.2, -0.15) is 0 Å². The van der Waals surface area contributed by atoms with Gasteiger partial charge in [-0.15, -0.1) is 0 Å². The summed E-state index contributed by atoms with van der Waals surface area (Å²) in [6, 6.07) is 36.7. The van der Waals surface area contributed by atoms with Gasteiger partial charge >= 0.3 is 0 Å². The molecule has 364 valence electrons. The molecule has 6 heteroatoms. The number of ether oxygens (including phenoxy) is 2. The van der Waals surface area contributed by atoms with Crippen LogP contribution in [0.3, 0.4) is 0 Å². The number of nitrogens with zero attached hydrogens (tertiary/aromatic N) is 4. The first kappa shape index (κ1) is 36.8. The summed E-state index contributed by atoms with van der Waals surface area (Å²) < 4.78 is 105. The lowest BCUT2D eigenvalue weighted by Gasteiger charge is -2.30. The Bertz CT molecular complexity index is 4080. The number of rotatable bonds is 12. The van der Waals surface area contributed by atoms with E-state index in [9.17, 15) is 5.48 Å². The third-order valence-corrected chi connectivity index (χ3v) is 13.8. The topological polar surface area (TPSA) is 42.8 Å². The summed E-state index contributed by atoms with van der Waals surface area (Å²) in [7, 11) is 0. The van der Waals surface area contributed by atoms with Crippen LogP contribution in [0, 0.1) is 0 Å². The highest BCUT2D eigenvalue weighted by atomic mass is 16.5. The van der Waals surface area contributed by atoms with Crippen molar-refractivity contribution in [1.82, 2.24) is 9.55 Å². The second-order valence-electron chi connectivity index (χ2n) is 20.7. The largest absolute Gasteiger partial charge is 0.457 e. The van der Waals surface area contributed by atoms with Gasteiger partial charge in [-0.3, -0.25) is 4.57 Å². The Morgan fingerprint density at radius 3 is 1.75 bits per heavy atom. The zero-order chi connectivity index (χ0) is 59.2. The molecular formula is C67H64N4O2. The molecular weight excluding hydrogens is 893 g/mol. The second kappa shape index (κ2) is 19.2. The van der Waals surface area contributed by atoms with Crippen LogP contribution in [0.2, 0.25) is 0 Å². The van der Waals surface area contributed by atoms with Crippen molar-refractivity contribution in [2.45, 2.75) is 85.5 Å². The molecule has 0 radical (unpaired) electrons. The van der Waals surface area contributed by atoms with E-state index in [-0.39, 0.29) is 40.8 Å². The smallest absolute Gasteiger partial charge is 0.141 e. The van der Waals surface area contributed by atoms with Crippen molar-refractivity contribution < 1.29 is 23.2 Å². The molecule has 0 saturated carbocycles. The number of pyridine rings is 1. The summed E-state index contributed by atoms with van der Waals surface area (Å²) in [5, 5.41) is 2.06. The van der Waals surface area contributed by atoms with E-state index in [2.05, 4.69) is 81.3 Å². The number of hydrogen-bond acceptors (Lipinski definition) is 5. The van der Waals surface area contributed by atoms with E-state index < -0.39 is 65.8 Å². The van der Waals surface area contributed by atoms with E-state index in [0.717, 1.165) is 38.9 Å². The fourth-order valence-electron chi connectivity index (χ4n) is 9.96. The molecule has 0 unspecified atom stereocenters. The first-order chi connectivity index (χ1) is 39.4. The maximum absolute atomic E-state index is 9.30. The van der Waals surface area contributed by atoms with E-state index in [1.807, 2.05) is 111 Å². The van der Waals surface area contributed by atoms with Crippen LogP contribution in [-0.2, 0) is 5.41 Å². The molecule has 0 spiro atoms. The Morgan fingerprint density at radius 2 is 1.12 bits per heavy atom. The number of anilines is 4. The average molecular weight is 967 g/mol. The molecule has 0 saturated heterocycles. The van der Waals surface area contributed by atoms with Gasteiger partial charge in [-0.1, -0.05) is 171 Å². The lowest BCUT2D eigenvalue weighted by Crippen LogP contribution is -2.25. The fraction of sp³-hybridized carbons (Fsp3) is 0.209. The average Bonchev–Trinajstić information content (AvgIpc) is 2.57. The first-order valence-corrected chi connectivity index (χ1v) is 25.0. The minimum atomic E-state index is -0.618. The van der Waals surface area contributed by atoms with Crippen molar-refractivity contribution in [2.24, 2.45) is 0 Å². The van der Waals surface area contributed by atoms with Gasteiger partial charge in [0, 0.05) is 52.0 Å².